The highest BCUT2D eigenvalue weighted by atomic mass is 16.5. The number of carboxylic acid groups (broad SMARTS) is 1. The van der Waals surface area contributed by atoms with Crippen LogP contribution in [0.2, 0.25) is 0 Å². The molecule has 2 aromatic carbocycles. The number of nitrogens with one attached hydrogen (secondary N) is 1. The van der Waals surface area contributed by atoms with E-state index in [1.54, 1.807) is 13.2 Å². The maximum atomic E-state index is 11.0. The minimum atomic E-state index is -0.968. The van der Waals surface area contributed by atoms with Crippen molar-refractivity contribution in [2.45, 2.75) is 13.0 Å². The highest BCUT2D eigenvalue weighted by Gasteiger charge is 2.16. The van der Waals surface area contributed by atoms with Crippen LogP contribution in [0, 0.1) is 0 Å². The molecule has 0 unspecified atom stereocenters. The van der Waals surface area contributed by atoms with Crippen LogP contribution in [-0.4, -0.2) is 35.8 Å². The maximum absolute atomic E-state index is 11.0. The molecular weight excluding hydrogens is 340 g/mol. The second-order valence-corrected chi connectivity index (χ2v) is 6.66. The Morgan fingerprint density at radius 3 is 2.89 bits per heavy atom. The Hall–Kier alpha value is -3.05. The van der Waals surface area contributed by atoms with Gasteiger partial charge in [0.25, 0.3) is 0 Å². The topological polar surface area (TPSA) is 63.5 Å². The van der Waals surface area contributed by atoms with Crippen molar-refractivity contribution in [3.8, 4) is 16.9 Å². The largest absolute Gasteiger partial charge is 0.497 e. The number of aliphatic carboxylic acids is 1. The SMILES string of the molecule is COc1ccc(-c2cccc3cc4n(c23)CCNCC4)c(/C=C\C(=O)O)c1. The second kappa shape index (κ2) is 7.29. The van der Waals surface area contributed by atoms with Gasteiger partial charge in [0, 0.05) is 48.8 Å². The van der Waals surface area contributed by atoms with Crippen molar-refractivity contribution in [1.82, 2.24) is 9.88 Å². The standard InChI is InChI=1S/C22H22N2O3/c1-27-18-6-7-19(15(14-18)5-8-21(25)26)20-4-2-3-16-13-17-9-10-23-11-12-24(17)22(16)20/h2-8,13-14,23H,9-12H2,1H3,(H,25,26)/b8-5-. The van der Waals surface area contributed by atoms with Gasteiger partial charge in [-0.15, -0.1) is 0 Å². The lowest BCUT2D eigenvalue weighted by Gasteiger charge is -2.14. The summed E-state index contributed by atoms with van der Waals surface area (Å²) in [5.74, 6) is -0.265. The molecule has 0 saturated carbocycles. The fourth-order valence-electron chi connectivity index (χ4n) is 3.80. The molecule has 3 aromatic rings. The molecule has 5 heteroatoms. The number of ether oxygens (including phenoxy) is 1. The van der Waals surface area contributed by atoms with E-state index in [9.17, 15) is 4.79 Å². The van der Waals surface area contributed by atoms with E-state index in [0.717, 1.165) is 42.7 Å². The fraction of sp³-hybridized carbons (Fsp3) is 0.227. The molecule has 0 bridgehead atoms. The summed E-state index contributed by atoms with van der Waals surface area (Å²) in [5, 5.41) is 13.7. The summed E-state index contributed by atoms with van der Waals surface area (Å²) in [6, 6.07) is 14.4. The quantitative estimate of drug-likeness (QED) is 0.697. The summed E-state index contributed by atoms with van der Waals surface area (Å²) in [6.45, 7) is 2.85. The smallest absolute Gasteiger partial charge is 0.328 e. The van der Waals surface area contributed by atoms with E-state index in [0.29, 0.717) is 5.75 Å². The third kappa shape index (κ3) is 3.34. The van der Waals surface area contributed by atoms with Crippen molar-refractivity contribution in [3.05, 3.63) is 59.8 Å². The molecule has 0 amide bonds. The van der Waals surface area contributed by atoms with Crippen molar-refractivity contribution < 1.29 is 14.6 Å². The van der Waals surface area contributed by atoms with Gasteiger partial charge in [0.2, 0.25) is 0 Å². The van der Waals surface area contributed by atoms with Crippen LogP contribution in [0.25, 0.3) is 28.1 Å². The van der Waals surface area contributed by atoms with E-state index >= 15 is 0 Å². The third-order valence-electron chi connectivity index (χ3n) is 5.03. The Labute approximate surface area is 157 Å². The van der Waals surface area contributed by atoms with Gasteiger partial charge in [-0.1, -0.05) is 24.3 Å². The number of aromatic nitrogens is 1. The molecule has 0 saturated heterocycles. The van der Waals surface area contributed by atoms with E-state index in [1.807, 2.05) is 18.2 Å². The average molecular weight is 362 g/mol. The van der Waals surface area contributed by atoms with E-state index < -0.39 is 5.97 Å². The molecule has 0 fully saturated rings. The highest BCUT2D eigenvalue weighted by Crippen LogP contribution is 2.35. The monoisotopic (exact) mass is 362 g/mol. The molecule has 4 rings (SSSR count). The molecule has 2 N–H and O–H groups in total. The molecular formula is C22H22N2O3. The molecule has 1 aliphatic rings. The Bertz CT molecular complexity index is 1030. The summed E-state index contributed by atoms with van der Waals surface area (Å²) in [5.41, 5.74) is 5.46. The number of hydrogen-bond donors (Lipinski definition) is 2. The predicted octanol–water partition coefficient (Wildman–Crippen LogP) is 3.56. The van der Waals surface area contributed by atoms with Gasteiger partial charge in [0.05, 0.1) is 12.6 Å². The van der Waals surface area contributed by atoms with E-state index in [2.05, 4.69) is 34.1 Å². The summed E-state index contributed by atoms with van der Waals surface area (Å²) in [6.07, 6.45) is 3.80. The normalized spacial score (nSPS) is 14.3. The number of para-hydroxylation sites is 1. The van der Waals surface area contributed by atoms with Gasteiger partial charge < -0.3 is 19.7 Å². The van der Waals surface area contributed by atoms with Crippen LogP contribution in [0.4, 0.5) is 0 Å². The van der Waals surface area contributed by atoms with Crippen molar-refractivity contribution in [1.29, 1.82) is 0 Å². The maximum Gasteiger partial charge on any atom is 0.328 e. The molecule has 2 heterocycles. The molecule has 1 aromatic heterocycles. The number of hydrogen-bond acceptors (Lipinski definition) is 3. The van der Waals surface area contributed by atoms with Gasteiger partial charge in [0.15, 0.2) is 0 Å². The minimum Gasteiger partial charge on any atom is -0.497 e. The number of nitrogens with zero attached hydrogens (tertiary/aromatic N) is 1. The van der Waals surface area contributed by atoms with Gasteiger partial charge in [-0.3, -0.25) is 0 Å². The van der Waals surface area contributed by atoms with Crippen molar-refractivity contribution >= 4 is 22.9 Å². The van der Waals surface area contributed by atoms with Crippen LogP contribution >= 0.6 is 0 Å². The lowest BCUT2D eigenvalue weighted by Crippen LogP contribution is -2.17. The molecule has 0 aliphatic carbocycles. The first-order valence-electron chi connectivity index (χ1n) is 9.08. The zero-order chi connectivity index (χ0) is 18.8. The highest BCUT2D eigenvalue weighted by molar-refractivity contribution is 5.98. The van der Waals surface area contributed by atoms with Crippen molar-refractivity contribution in [2.24, 2.45) is 0 Å². The second-order valence-electron chi connectivity index (χ2n) is 6.66. The predicted molar refractivity (Wildman–Crippen MR) is 107 cm³/mol. The molecule has 138 valence electrons. The Morgan fingerprint density at radius 1 is 1.19 bits per heavy atom. The van der Waals surface area contributed by atoms with Crippen LogP contribution in [0.15, 0.2) is 48.5 Å². The Morgan fingerprint density at radius 2 is 2.07 bits per heavy atom. The molecule has 0 spiro atoms. The van der Waals surface area contributed by atoms with Crippen molar-refractivity contribution in [3.63, 3.8) is 0 Å². The van der Waals surface area contributed by atoms with E-state index in [1.165, 1.54) is 22.7 Å². The third-order valence-corrected chi connectivity index (χ3v) is 5.03. The summed E-state index contributed by atoms with van der Waals surface area (Å²) in [4.78, 5) is 11.0. The van der Waals surface area contributed by atoms with Gasteiger partial charge in [-0.25, -0.2) is 4.79 Å². The molecule has 1 aliphatic heterocycles. The summed E-state index contributed by atoms with van der Waals surface area (Å²) in [7, 11) is 1.61. The number of carboxylic acids is 1. The summed E-state index contributed by atoms with van der Waals surface area (Å²) >= 11 is 0. The number of benzene rings is 2. The van der Waals surface area contributed by atoms with Crippen LogP contribution < -0.4 is 10.1 Å². The van der Waals surface area contributed by atoms with Crippen LogP contribution in [0.5, 0.6) is 5.75 Å². The Balaban J connectivity index is 1.94. The van der Waals surface area contributed by atoms with Crippen LogP contribution in [0.1, 0.15) is 11.3 Å². The average Bonchev–Trinajstić information content (AvgIpc) is 2.87. The number of methoxy groups -OCH3 is 1. The van der Waals surface area contributed by atoms with Gasteiger partial charge in [-0.2, -0.15) is 0 Å². The van der Waals surface area contributed by atoms with Crippen LogP contribution in [-0.2, 0) is 17.8 Å². The minimum absolute atomic E-state index is 0.703. The van der Waals surface area contributed by atoms with E-state index in [-0.39, 0.29) is 0 Å². The Kier molecular flexibility index (Phi) is 4.69. The number of fused-ring (bicyclic) bond motifs is 3. The molecule has 0 atom stereocenters. The number of carbonyl (C=O) groups is 1. The van der Waals surface area contributed by atoms with Crippen molar-refractivity contribution in [2.75, 3.05) is 20.2 Å². The molecule has 27 heavy (non-hydrogen) atoms. The number of rotatable bonds is 4. The summed E-state index contributed by atoms with van der Waals surface area (Å²) < 4.78 is 7.73. The van der Waals surface area contributed by atoms with Crippen LogP contribution in [0.3, 0.4) is 0 Å². The first-order valence-corrected chi connectivity index (χ1v) is 9.08. The lowest BCUT2D eigenvalue weighted by atomic mass is 9.97. The van der Waals surface area contributed by atoms with E-state index in [4.69, 9.17) is 9.84 Å². The zero-order valence-electron chi connectivity index (χ0n) is 15.2. The fourth-order valence-corrected chi connectivity index (χ4v) is 3.80. The molecule has 5 nitrogen and oxygen atoms in total. The lowest BCUT2D eigenvalue weighted by molar-refractivity contribution is -0.131. The first kappa shape index (κ1) is 17.4. The van der Waals surface area contributed by atoms with Gasteiger partial charge >= 0.3 is 5.97 Å². The molecule has 0 radical (unpaired) electrons. The van der Waals surface area contributed by atoms with Gasteiger partial charge in [0.1, 0.15) is 5.75 Å². The first-order chi connectivity index (χ1) is 13.2. The van der Waals surface area contributed by atoms with Gasteiger partial charge in [-0.05, 0) is 35.4 Å². The zero-order valence-corrected chi connectivity index (χ0v) is 15.2.